The van der Waals surface area contributed by atoms with Crippen LogP contribution in [0.2, 0.25) is 0 Å². The number of anilines is 3. The van der Waals surface area contributed by atoms with E-state index < -0.39 is 5.41 Å². The molecule has 0 atom stereocenters. The Hall–Kier alpha value is -7.16. The fourth-order valence-corrected chi connectivity index (χ4v) is 10.1. The molecule has 1 heterocycles. The van der Waals surface area contributed by atoms with Gasteiger partial charge in [-0.2, -0.15) is 0 Å². The van der Waals surface area contributed by atoms with E-state index in [0.29, 0.717) is 0 Å². The Morgan fingerprint density at radius 3 is 1.66 bits per heavy atom. The Labute approximate surface area is 346 Å². The van der Waals surface area contributed by atoms with Crippen molar-refractivity contribution >= 4 is 49.6 Å². The van der Waals surface area contributed by atoms with Gasteiger partial charge in [0.15, 0.2) is 0 Å². The van der Waals surface area contributed by atoms with Crippen LogP contribution >= 0.6 is 0 Å². The molecule has 0 saturated carbocycles. The monoisotopic (exact) mass is 756 g/mol. The third-order valence-corrected chi connectivity index (χ3v) is 12.5. The standard InChI is InChI=1S/C57H44N2/c1-56(2,3)59-54-30-18-16-28-48(54)49-33-31-44(38-55(49)59)58(45-35-40-21-13-14-26-46(40)50(37-45)39-19-7-4-8-20-39)43-32-34-53-51(36-43)47-27-15-17-29-52(47)57(53,41-22-9-5-10-23-41)42-24-11-6-12-25-42/h4-38H,1-3H3. The second kappa shape index (κ2) is 13.5. The lowest BCUT2D eigenvalue weighted by Crippen LogP contribution is -2.28. The highest BCUT2D eigenvalue weighted by Crippen LogP contribution is 2.57. The molecule has 11 rings (SSSR count). The number of benzene rings is 9. The highest BCUT2D eigenvalue weighted by atomic mass is 15.1. The van der Waals surface area contributed by atoms with Crippen molar-refractivity contribution in [2.75, 3.05) is 4.90 Å². The second-order valence-corrected chi connectivity index (χ2v) is 16.9. The van der Waals surface area contributed by atoms with Gasteiger partial charge >= 0.3 is 0 Å². The fourth-order valence-electron chi connectivity index (χ4n) is 10.1. The number of nitrogens with zero attached hydrogens (tertiary/aromatic N) is 2. The average molecular weight is 757 g/mol. The van der Waals surface area contributed by atoms with Crippen LogP contribution in [0.1, 0.15) is 43.0 Å². The van der Waals surface area contributed by atoms with Gasteiger partial charge in [-0.15, -0.1) is 0 Å². The minimum atomic E-state index is -0.464. The molecule has 0 unspecified atom stereocenters. The maximum absolute atomic E-state index is 2.52. The SMILES string of the molecule is CC(C)(C)n1c2ccccc2c2ccc(N(c3ccc4c(c3)-c3ccccc3C4(c3ccccc3)c3ccccc3)c3cc(-c4ccccc4)c4ccccc4c3)cc21. The fraction of sp³-hybridized carbons (Fsp3) is 0.0877. The summed E-state index contributed by atoms with van der Waals surface area (Å²) in [7, 11) is 0. The van der Waals surface area contributed by atoms with E-state index in [1.54, 1.807) is 0 Å². The first-order valence-electron chi connectivity index (χ1n) is 20.7. The molecule has 1 aliphatic rings. The summed E-state index contributed by atoms with van der Waals surface area (Å²) in [6.07, 6.45) is 0. The van der Waals surface area contributed by atoms with Gasteiger partial charge in [0.2, 0.25) is 0 Å². The molecule has 0 fully saturated rings. The zero-order chi connectivity index (χ0) is 39.7. The van der Waals surface area contributed by atoms with Gasteiger partial charge in [0.1, 0.15) is 0 Å². The quantitative estimate of drug-likeness (QED) is 0.164. The van der Waals surface area contributed by atoms with Gasteiger partial charge in [-0.3, -0.25) is 0 Å². The summed E-state index contributed by atoms with van der Waals surface area (Å²) in [5.41, 5.74) is 15.3. The predicted octanol–water partition coefficient (Wildman–Crippen LogP) is 15.2. The Morgan fingerprint density at radius 2 is 0.932 bits per heavy atom. The van der Waals surface area contributed by atoms with Crippen molar-refractivity contribution in [2.24, 2.45) is 0 Å². The van der Waals surface area contributed by atoms with Gasteiger partial charge in [-0.1, -0.05) is 170 Å². The maximum atomic E-state index is 2.52. The summed E-state index contributed by atoms with van der Waals surface area (Å²) in [6.45, 7) is 6.92. The van der Waals surface area contributed by atoms with Gasteiger partial charge in [0.25, 0.3) is 0 Å². The van der Waals surface area contributed by atoms with E-state index in [4.69, 9.17) is 0 Å². The van der Waals surface area contributed by atoms with E-state index in [1.807, 2.05) is 0 Å². The van der Waals surface area contributed by atoms with Gasteiger partial charge in [0, 0.05) is 38.9 Å². The second-order valence-electron chi connectivity index (χ2n) is 16.9. The third kappa shape index (κ3) is 5.40. The lowest BCUT2D eigenvalue weighted by atomic mass is 9.68. The molecule has 1 aliphatic carbocycles. The van der Waals surface area contributed by atoms with Crippen LogP contribution in [-0.2, 0) is 11.0 Å². The molecule has 9 aromatic carbocycles. The highest BCUT2D eigenvalue weighted by molar-refractivity contribution is 6.10. The molecule has 0 radical (unpaired) electrons. The van der Waals surface area contributed by atoms with Crippen molar-refractivity contribution in [3.8, 4) is 22.3 Å². The summed E-state index contributed by atoms with van der Waals surface area (Å²) >= 11 is 0. The van der Waals surface area contributed by atoms with Crippen LogP contribution in [0.4, 0.5) is 17.1 Å². The number of hydrogen-bond donors (Lipinski definition) is 0. The molecule has 0 N–H and O–H groups in total. The number of hydrogen-bond acceptors (Lipinski definition) is 1. The van der Waals surface area contributed by atoms with Crippen LogP contribution in [0.25, 0.3) is 54.8 Å². The molecule has 0 spiro atoms. The van der Waals surface area contributed by atoms with Crippen molar-refractivity contribution in [2.45, 2.75) is 31.7 Å². The number of rotatable bonds is 6. The van der Waals surface area contributed by atoms with Crippen LogP contribution in [0.5, 0.6) is 0 Å². The first kappa shape index (κ1) is 35.0. The molecule has 59 heavy (non-hydrogen) atoms. The Kier molecular flexibility index (Phi) is 8.00. The molecule has 2 nitrogen and oxygen atoms in total. The first-order chi connectivity index (χ1) is 28.9. The van der Waals surface area contributed by atoms with Gasteiger partial charge < -0.3 is 9.47 Å². The number of para-hydroxylation sites is 1. The van der Waals surface area contributed by atoms with E-state index in [0.717, 1.165) is 17.1 Å². The zero-order valence-corrected chi connectivity index (χ0v) is 33.6. The van der Waals surface area contributed by atoms with Gasteiger partial charge in [-0.05, 0) is 119 Å². The van der Waals surface area contributed by atoms with Crippen molar-refractivity contribution in [3.05, 3.63) is 235 Å². The van der Waals surface area contributed by atoms with E-state index in [9.17, 15) is 0 Å². The molecular weight excluding hydrogens is 713 g/mol. The largest absolute Gasteiger partial charge is 0.335 e. The molecule has 1 aromatic heterocycles. The highest BCUT2D eigenvalue weighted by Gasteiger charge is 2.46. The molecule has 10 aromatic rings. The van der Waals surface area contributed by atoms with Crippen LogP contribution in [-0.4, -0.2) is 4.57 Å². The van der Waals surface area contributed by atoms with E-state index >= 15 is 0 Å². The Bertz CT molecular complexity index is 3150. The molecule has 0 aliphatic heterocycles. The molecular formula is C57H44N2. The molecule has 0 bridgehead atoms. The van der Waals surface area contributed by atoms with Crippen molar-refractivity contribution in [1.82, 2.24) is 4.57 Å². The topological polar surface area (TPSA) is 8.17 Å². The minimum absolute atomic E-state index is 0.135. The van der Waals surface area contributed by atoms with E-state index in [2.05, 4.69) is 243 Å². The average Bonchev–Trinajstić information content (AvgIpc) is 3.78. The Morgan fingerprint density at radius 1 is 0.390 bits per heavy atom. The first-order valence-corrected chi connectivity index (χ1v) is 20.7. The van der Waals surface area contributed by atoms with Gasteiger partial charge in [0.05, 0.1) is 10.9 Å². The van der Waals surface area contributed by atoms with Crippen molar-refractivity contribution in [1.29, 1.82) is 0 Å². The Balaban J connectivity index is 1.21. The molecule has 2 heteroatoms. The molecule has 0 amide bonds. The summed E-state index contributed by atoms with van der Waals surface area (Å²) in [6, 6.07) is 78.6. The van der Waals surface area contributed by atoms with Crippen LogP contribution in [0.3, 0.4) is 0 Å². The molecule has 0 saturated heterocycles. The molecule has 282 valence electrons. The normalized spacial score (nSPS) is 13.1. The third-order valence-electron chi connectivity index (χ3n) is 12.5. The lowest BCUT2D eigenvalue weighted by molar-refractivity contribution is 0.423. The predicted molar refractivity (Wildman–Crippen MR) is 249 cm³/mol. The zero-order valence-electron chi connectivity index (χ0n) is 33.6. The summed E-state index contributed by atoms with van der Waals surface area (Å²) in [5, 5.41) is 4.99. The lowest BCUT2D eigenvalue weighted by Gasteiger charge is -2.34. The summed E-state index contributed by atoms with van der Waals surface area (Å²) in [4.78, 5) is 2.48. The van der Waals surface area contributed by atoms with Crippen LogP contribution in [0, 0.1) is 0 Å². The minimum Gasteiger partial charge on any atom is -0.335 e. The van der Waals surface area contributed by atoms with Crippen LogP contribution in [0.15, 0.2) is 212 Å². The summed E-state index contributed by atoms with van der Waals surface area (Å²) < 4.78 is 2.52. The number of fused-ring (bicyclic) bond motifs is 7. The van der Waals surface area contributed by atoms with Crippen LogP contribution < -0.4 is 4.90 Å². The summed E-state index contributed by atoms with van der Waals surface area (Å²) in [5.74, 6) is 0. The van der Waals surface area contributed by atoms with E-state index in [1.165, 1.54) is 77.1 Å². The van der Waals surface area contributed by atoms with Crippen molar-refractivity contribution < 1.29 is 0 Å². The van der Waals surface area contributed by atoms with Crippen molar-refractivity contribution in [3.63, 3.8) is 0 Å². The number of aromatic nitrogens is 1. The van der Waals surface area contributed by atoms with Gasteiger partial charge in [-0.25, -0.2) is 0 Å². The smallest absolute Gasteiger partial charge is 0.0713 e. The maximum Gasteiger partial charge on any atom is 0.0713 e. The van der Waals surface area contributed by atoms with E-state index in [-0.39, 0.29) is 5.54 Å².